The number of carbonyl (C=O) groups is 2. The van der Waals surface area contributed by atoms with E-state index in [0.29, 0.717) is 30.1 Å². The highest BCUT2D eigenvalue weighted by molar-refractivity contribution is 6.04. The van der Waals surface area contributed by atoms with E-state index in [2.05, 4.69) is 20.9 Å². The minimum atomic E-state index is -0.182. The first-order valence-electron chi connectivity index (χ1n) is 8.98. The van der Waals surface area contributed by atoms with Gasteiger partial charge in [-0.1, -0.05) is 12.1 Å². The Bertz CT molecular complexity index is 753. The number of anilines is 1. The molecule has 1 aromatic carbocycles. The van der Waals surface area contributed by atoms with Crippen molar-refractivity contribution < 1.29 is 9.59 Å². The van der Waals surface area contributed by atoms with E-state index in [1.165, 1.54) is 0 Å². The average molecular weight is 425 g/mol. The standard InChI is InChI=1S/C20H24N4O2.2ClH/c25-19(5-4-15-6-9-22-13-15)23-14-16-2-1-3-17(12-16)20(26)24-18-7-10-21-11-8-18;;/h1-3,7-8,10-12,15,22H,4-6,9,13-14H2,(H,23,25)(H,21,24,26);2*1H. The third-order valence-corrected chi connectivity index (χ3v) is 4.56. The van der Waals surface area contributed by atoms with Gasteiger partial charge in [-0.25, -0.2) is 0 Å². The van der Waals surface area contributed by atoms with Gasteiger partial charge in [-0.05, 0) is 61.7 Å². The van der Waals surface area contributed by atoms with E-state index in [1.54, 1.807) is 36.7 Å². The van der Waals surface area contributed by atoms with Crippen LogP contribution in [0.15, 0.2) is 48.8 Å². The molecule has 1 unspecified atom stereocenters. The maximum absolute atomic E-state index is 12.3. The number of rotatable bonds is 7. The maximum atomic E-state index is 12.3. The second kappa shape index (κ2) is 12.3. The summed E-state index contributed by atoms with van der Waals surface area (Å²) in [7, 11) is 0. The quantitative estimate of drug-likeness (QED) is 0.637. The summed E-state index contributed by atoms with van der Waals surface area (Å²) in [5.41, 5.74) is 2.17. The molecular formula is C20H26Cl2N4O2. The van der Waals surface area contributed by atoms with Gasteiger partial charge >= 0.3 is 0 Å². The molecule has 6 nitrogen and oxygen atoms in total. The highest BCUT2D eigenvalue weighted by Gasteiger charge is 2.15. The van der Waals surface area contributed by atoms with Crippen LogP contribution in [0.2, 0.25) is 0 Å². The maximum Gasteiger partial charge on any atom is 0.255 e. The number of halogens is 2. The molecule has 2 amide bonds. The number of hydrogen-bond acceptors (Lipinski definition) is 4. The fourth-order valence-electron chi connectivity index (χ4n) is 3.05. The Balaban J connectivity index is 0.00000196. The molecule has 2 heterocycles. The minimum Gasteiger partial charge on any atom is -0.352 e. The van der Waals surface area contributed by atoms with Crippen molar-refractivity contribution in [2.24, 2.45) is 5.92 Å². The second-order valence-electron chi connectivity index (χ2n) is 6.56. The van der Waals surface area contributed by atoms with E-state index in [4.69, 9.17) is 0 Å². The van der Waals surface area contributed by atoms with Gasteiger partial charge in [-0.3, -0.25) is 14.6 Å². The summed E-state index contributed by atoms with van der Waals surface area (Å²) in [4.78, 5) is 28.3. The highest BCUT2D eigenvalue weighted by atomic mass is 35.5. The Morgan fingerprint density at radius 1 is 1.14 bits per heavy atom. The van der Waals surface area contributed by atoms with E-state index >= 15 is 0 Å². The molecule has 0 radical (unpaired) electrons. The Kier molecular flexibility index (Phi) is 10.5. The van der Waals surface area contributed by atoms with Gasteiger partial charge in [0.2, 0.25) is 5.91 Å². The lowest BCUT2D eigenvalue weighted by Crippen LogP contribution is -2.23. The van der Waals surface area contributed by atoms with E-state index in [-0.39, 0.29) is 36.6 Å². The number of nitrogens with one attached hydrogen (secondary N) is 3. The molecule has 1 aliphatic rings. The van der Waals surface area contributed by atoms with Crippen molar-refractivity contribution in [1.82, 2.24) is 15.6 Å². The fourth-order valence-corrected chi connectivity index (χ4v) is 3.05. The van der Waals surface area contributed by atoms with Crippen LogP contribution < -0.4 is 16.0 Å². The van der Waals surface area contributed by atoms with Crippen molar-refractivity contribution in [3.8, 4) is 0 Å². The van der Waals surface area contributed by atoms with E-state index in [1.807, 2.05) is 12.1 Å². The summed E-state index contributed by atoms with van der Waals surface area (Å²) in [5, 5.41) is 9.08. The smallest absolute Gasteiger partial charge is 0.255 e. The average Bonchev–Trinajstić information content (AvgIpc) is 3.19. The molecule has 1 atom stereocenters. The van der Waals surface area contributed by atoms with Gasteiger partial charge in [0, 0.05) is 36.6 Å². The SMILES string of the molecule is Cl.Cl.O=C(CCC1CCNC1)NCc1cccc(C(=O)Nc2ccncc2)c1. The predicted molar refractivity (Wildman–Crippen MR) is 115 cm³/mol. The van der Waals surface area contributed by atoms with Crippen LogP contribution in [-0.2, 0) is 11.3 Å². The topological polar surface area (TPSA) is 83.1 Å². The summed E-state index contributed by atoms with van der Waals surface area (Å²) in [6, 6.07) is 10.8. The second-order valence-corrected chi connectivity index (χ2v) is 6.56. The highest BCUT2D eigenvalue weighted by Crippen LogP contribution is 2.14. The van der Waals surface area contributed by atoms with Crippen LogP contribution in [0.5, 0.6) is 0 Å². The number of hydrogen-bond donors (Lipinski definition) is 3. The molecule has 28 heavy (non-hydrogen) atoms. The molecule has 8 heteroatoms. The molecule has 2 aromatic rings. The Morgan fingerprint density at radius 3 is 2.64 bits per heavy atom. The molecule has 0 aliphatic carbocycles. The Morgan fingerprint density at radius 2 is 1.93 bits per heavy atom. The van der Waals surface area contributed by atoms with Crippen LogP contribution in [0.25, 0.3) is 0 Å². The van der Waals surface area contributed by atoms with Gasteiger partial charge in [0.25, 0.3) is 5.91 Å². The number of carbonyl (C=O) groups excluding carboxylic acids is 2. The van der Waals surface area contributed by atoms with Gasteiger partial charge in [0.05, 0.1) is 0 Å². The van der Waals surface area contributed by atoms with Crippen molar-refractivity contribution >= 4 is 42.3 Å². The first-order chi connectivity index (χ1) is 12.7. The number of benzene rings is 1. The van der Waals surface area contributed by atoms with Crippen molar-refractivity contribution in [2.45, 2.75) is 25.8 Å². The predicted octanol–water partition coefficient (Wildman–Crippen LogP) is 3.18. The molecule has 0 bridgehead atoms. The molecule has 0 spiro atoms. The van der Waals surface area contributed by atoms with Crippen molar-refractivity contribution in [2.75, 3.05) is 18.4 Å². The lowest BCUT2D eigenvalue weighted by atomic mass is 10.0. The number of aromatic nitrogens is 1. The van der Waals surface area contributed by atoms with Crippen molar-refractivity contribution in [1.29, 1.82) is 0 Å². The van der Waals surface area contributed by atoms with Gasteiger partial charge < -0.3 is 16.0 Å². The lowest BCUT2D eigenvalue weighted by molar-refractivity contribution is -0.121. The zero-order valence-electron chi connectivity index (χ0n) is 15.5. The number of nitrogens with zero attached hydrogens (tertiary/aromatic N) is 1. The van der Waals surface area contributed by atoms with Crippen LogP contribution in [0.4, 0.5) is 5.69 Å². The molecular weight excluding hydrogens is 399 g/mol. The molecule has 3 N–H and O–H groups in total. The summed E-state index contributed by atoms with van der Waals surface area (Å²) in [6.07, 6.45) is 5.89. The molecule has 1 aliphatic heterocycles. The number of pyridine rings is 1. The Labute approximate surface area is 177 Å². The van der Waals surface area contributed by atoms with Gasteiger partial charge in [-0.15, -0.1) is 24.8 Å². The zero-order valence-corrected chi connectivity index (χ0v) is 17.2. The first-order valence-corrected chi connectivity index (χ1v) is 8.98. The normalized spacial score (nSPS) is 15.1. The zero-order chi connectivity index (χ0) is 18.2. The van der Waals surface area contributed by atoms with E-state index in [9.17, 15) is 9.59 Å². The largest absolute Gasteiger partial charge is 0.352 e. The first kappa shape index (κ1) is 23.9. The summed E-state index contributed by atoms with van der Waals surface area (Å²) < 4.78 is 0. The molecule has 152 valence electrons. The van der Waals surface area contributed by atoms with Gasteiger partial charge in [0.1, 0.15) is 0 Å². The van der Waals surface area contributed by atoms with E-state index in [0.717, 1.165) is 31.5 Å². The number of amides is 2. The third-order valence-electron chi connectivity index (χ3n) is 4.56. The van der Waals surface area contributed by atoms with Gasteiger partial charge in [-0.2, -0.15) is 0 Å². The van der Waals surface area contributed by atoms with Crippen LogP contribution >= 0.6 is 24.8 Å². The van der Waals surface area contributed by atoms with Crippen molar-refractivity contribution in [3.05, 3.63) is 59.9 Å². The molecule has 1 saturated heterocycles. The van der Waals surface area contributed by atoms with E-state index < -0.39 is 0 Å². The molecule has 0 saturated carbocycles. The summed E-state index contributed by atoms with van der Waals surface area (Å²) in [6.45, 7) is 2.50. The van der Waals surface area contributed by atoms with Crippen LogP contribution in [0.1, 0.15) is 35.2 Å². The summed E-state index contributed by atoms with van der Waals surface area (Å²) in [5.74, 6) is 0.489. The monoisotopic (exact) mass is 424 g/mol. The molecule has 1 fully saturated rings. The van der Waals surface area contributed by atoms with Gasteiger partial charge in [0.15, 0.2) is 0 Å². The molecule has 3 rings (SSSR count). The fraction of sp³-hybridized carbons (Fsp3) is 0.350. The van der Waals surface area contributed by atoms with Crippen LogP contribution in [0, 0.1) is 5.92 Å². The van der Waals surface area contributed by atoms with Crippen LogP contribution in [0.3, 0.4) is 0 Å². The van der Waals surface area contributed by atoms with Crippen molar-refractivity contribution in [3.63, 3.8) is 0 Å². The summed E-state index contributed by atoms with van der Waals surface area (Å²) >= 11 is 0. The third kappa shape index (κ3) is 7.46. The lowest BCUT2D eigenvalue weighted by Gasteiger charge is -2.10. The minimum absolute atomic E-state index is 0. The Hall–Kier alpha value is -2.15. The van der Waals surface area contributed by atoms with Crippen LogP contribution in [-0.4, -0.2) is 29.9 Å². The molecule has 1 aromatic heterocycles.